The van der Waals surface area contributed by atoms with Gasteiger partial charge in [-0.05, 0) is 93.5 Å². The average molecular weight is 697 g/mol. The van der Waals surface area contributed by atoms with Crippen molar-refractivity contribution >= 4 is 41.0 Å². The second kappa shape index (κ2) is 12.0. The lowest BCUT2D eigenvalue weighted by Crippen LogP contribution is -2.46. The number of aryl methyl sites for hydroxylation is 1. The normalized spacial score (nSPS) is 17.6. The summed E-state index contributed by atoms with van der Waals surface area (Å²) >= 11 is 3.51. The number of carbonyl (C=O) groups is 2. The van der Waals surface area contributed by atoms with Gasteiger partial charge in [-0.25, -0.2) is 4.52 Å². The van der Waals surface area contributed by atoms with Crippen molar-refractivity contribution in [1.82, 2.24) is 24.0 Å². The molecule has 236 valence electrons. The van der Waals surface area contributed by atoms with Crippen LogP contribution in [0.3, 0.4) is 0 Å². The fourth-order valence-electron chi connectivity index (χ4n) is 5.84. The van der Waals surface area contributed by atoms with Gasteiger partial charge < -0.3 is 14.7 Å². The molecule has 2 aromatic carbocycles. The first-order valence-corrected chi connectivity index (χ1v) is 17.7. The second-order valence-corrected chi connectivity index (χ2v) is 14.9. The van der Waals surface area contributed by atoms with Crippen molar-refractivity contribution in [2.24, 2.45) is 5.92 Å². The minimum absolute atomic E-state index is 0.0946. The molecule has 13 heteroatoms. The highest BCUT2D eigenvalue weighted by Gasteiger charge is 2.34. The van der Waals surface area contributed by atoms with Gasteiger partial charge in [0.2, 0.25) is 0 Å². The Morgan fingerprint density at radius 1 is 1.16 bits per heavy atom. The molecule has 2 amide bonds. The summed E-state index contributed by atoms with van der Waals surface area (Å²) in [5, 5.41) is 4.76. The molecule has 11 nitrogen and oxygen atoms in total. The standard InChI is InChI=1S/C32H35BrN5O6P/c1-19-13-23(9-12-27(19)33)31(40)36-17-28-26(14-20(36)2)32(41)37(29-24(15-21-5-6-21)16-34-38(28)29)25-10-7-22(8-11-25)30(39)35(3)18-44-45(4,42)43/h7-13,16,20-21H,5-6,14-15,17-18H2,1-4H3,(H,42,43)/t20-/m0/s1. The van der Waals surface area contributed by atoms with Crippen LogP contribution in [-0.2, 0) is 28.5 Å². The monoisotopic (exact) mass is 695 g/mol. The first-order valence-electron chi connectivity index (χ1n) is 14.8. The van der Waals surface area contributed by atoms with Crippen molar-refractivity contribution in [1.29, 1.82) is 0 Å². The van der Waals surface area contributed by atoms with E-state index in [4.69, 9.17) is 9.62 Å². The Bertz CT molecular complexity index is 1930. The predicted molar refractivity (Wildman–Crippen MR) is 173 cm³/mol. The third-order valence-electron chi connectivity index (χ3n) is 8.53. The maximum atomic E-state index is 14.3. The summed E-state index contributed by atoms with van der Waals surface area (Å²) in [6.45, 7) is 4.88. The van der Waals surface area contributed by atoms with Crippen molar-refractivity contribution in [3.8, 4) is 5.69 Å². The number of hydrogen-bond acceptors (Lipinski definition) is 6. The van der Waals surface area contributed by atoms with Gasteiger partial charge in [0.25, 0.3) is 17.4 Å². The molecule has 0 radical (unpaired) electrons. The Balaban J connectivity index is 1.39. The molecular formula is C32H35BrN5O6P. The summed E-state index contributed by atoms with van der Waals surface area (Å²) < 4.78 is 20.8. The van der Waals surface area contributed by atoms with E-state index in [0.29, 0.717) is 46.1 Å². The van der Waals surface area contributed by atoms with Gasteiger partial charge in [-0.15, -0.1) is 0 Å². The molecule has 3 heterocycles. The molecular weight excluding hydrogens is 661 g/mol. The molecule has 1 aliphatic heterocycles. The molecule has 1 aliphatic carbocycles. The lowest BCUT2D eigenvalue weighted by molar-refractivity contribution is 0.0642. The van der Waals surface area contributed by atoms with Crippen LogP contribution in [0.2, 0.25) is 0 Å². The van der Waals surface area contributed by atoms with E-state index in [9.17, 15) is 23.8 Å². The smallest absolute Gasteiger partial charge is 0.326 e. The molecule has 6 rings (SSSR count). The first-order chi connectivity index (χ1) is 21.3. The zero-order valence-corrected chi connectivity index (χ0v) is 28.0. The van der Waals surface area contributed by atoms with Crippen LogP contribution in [0.15, 0.2) is 57.9 Å². The van der Waals surface area contributed by atoms with Gasteiger partial charge in [-0.1, -0.05) is 15.9 Å². The third-order valence-corrected chi connectivity index (χ3v) is 10.0. The quantitative estimate of drug-likeness (QED) is 0.204. The number of benzene rings is 2. The molecule has 1 saturated carbocycles. The molecule has 4 aromatic rings. The largest absolute Gasteiger partial charge is 0.330 e. The van der Waals surface area contributed by atoms with Crippen molar-refractivity contribution in [2.45, 2.75) is 52.1 Å². The van der Waals surface area contributed by atoms with E-state index in [-0.39, 0.29) is 30.8 Å². The van der Waals surface area contributed by atoms with Gasteiger partial charge in [-0.3, -0.25) is 28.0 Å². The molecule has 0 spiro atoms. The maximum Gasteiger partial charge on any atom is 0.326 e. The Hall–Kier alpha value is -3.57. The Kier molecular flexibility index (Phi) is 8.36. The van der Waals surface area contributed by atoms with Crippen LogP contribution in [0, 0.1) is 12.8 Å². The lowest BCUT2D eigenvalue weighted by atomic mass is 9.98. The Morgan fingerprint density at radius 2 is 1.84 bits per heavy atom. The summed E-state index contributed by atoms with van der Waals surface area (Å²) in [6.07, 6.45) is 5.27. The van der Waals surface area contributed by atoms with E-state index in [1.165, 1.54) is 11.9 Å². The van der Waals surface area contributed by atoms with Gasteiger partial charge in [0, 0.05) is 46.5 Å². The Morgan fingerprint density at radius 3 is 2.49 bits per heavy atom. The van der Waals surface area contributed by atoms with Crippen molar-refractivity contribution in [3.63, 3.8) is 0 Å². The summed E-state index contributed by atoms with van der Waals surface area (Å²) in [5.74, 6) is 0.0606. The molecule has 2 aliphatic rings. The molecule has 2 aromatic heterocycles. The van der Waals surface area contributed by atoms with Gasteiger partial charge >= 0.3 is 7.60 Å². The third kappa shape index (κ3) is 6.29. The van der Waals surface area contributed by atoms with E-state index < -0.39 is 13.5 Å². The number of hydrogen-bond donors (Lipinski definition) is 1. The molecule has 45 heavy (non-hydrogen) atoms. The lowest BCUT2D eigenvalue weighted by Gasteiger charge is -2.35. The van der Waals surface area contributed by atoms with E-state index in [1.807, 2.05) is 47.7 Å². The van der Waals surface area contributed by atoms with Crippen molar-refractivity contribution in [3.05, 3.63) is 97.0 Å². The van der Waals surface area contributed by atoms with E-state index in [1.54, 1.807) is 28.8 Å². The summed E-state index contributed by atoms with van der Waals surface area (Å²) in [4.78, 5) is 53.4. The van der Waals surface area contributed by atoms with Gasteiger partial charge in [0.15, 0.2) is 0 Å². The number of carbonyl (C=O) groups excluding carboxylic acids is 2. The van der Waals surface area contributed by atoms with Gasteiger partial charge in [0.1, 0.15) is 12.4 Å². The molecule has 1 unspecified atom stereocenters. The minimum atomic E-state index is -3.74. The van der Waals surface area contributed by atoms with Crippen LogP contribution < -0.4 is 5.56 Å². The fraction of sp³-hybridized carbons (Fsp3) is 0.375. The maximum absolute atomic E-state index is 14.3. The molecule has 0 saturated heterocycles. The fourth-order valence-corrected chi connectivity index (χ4v) is 6.48. The van der Waals surface area contributed by atoms with Crippen LogP contribution in [0.25, 0.3) is 11.3 Å². The number of aromatic nitrogens is 3. The second-order valence-electron chi connectivity index (χ2n) is 12.2. The predicted octanol–water partition coefficient (Wildman–Crippen LogP) is 4.96. The molecule has 0 bridgehead atoms. The number of nitrogens with zero attached hydrogens (tertiary/aromatic N) is 5. The molecule has 1 fully saturated rings. The zero-order valence-electron chi connectivity index (χ0n) is 25.6. The van der Waals surface area contributed by atoms with Crippen LogP contribution >= 0.6 is 23.5 Å². The number of halogens is 1. The van der Waals surface area contributed by atoms with Crippen molar-refractivity contribution < 1.29 is 23.6 Å². The van der Waals surface area contributed by atoms with Crippen LogP contribution in [0.4, 0.5) is 0 Å². The summed E-state index contributed by atoms with van der Waals surface area (Å²) in [7, 11) is -2.26. The van der Waals surface area contributed by atoms with Crippen LogP contribution in [-0.4, -0.2) is 67.2 Å². The van der Waals surface area contributed by atoms with Crippen LogP contribution in [0.1, 0.15) is 62.9 Å². The number of rotatable bonds is 8. The molecule has 1 N–H and O–H groups in total. The highest BCUT2D eigenvalue weighted by molar-refractivity contribution is 9.10. The SMILES string of the molecule is Cc1cc(C(=O)N2Cc3c(c(=O)n(-c4ccc(C(=O)N(C)COP(C)(=O)O)cc4)c4c(CC5CC5)cnn34)C[C@@H]2C)ccc1Br. The van der Waals surface area contributed by atoms with E-state index in [0.717, 1.165) is 41.5 Å². The van der Waals surface area contributed by atoms with Gasteiger partial charge in [-0.2, -0.15) is 5.10 Å². The van der Waals surface area contributed by atoms with Crippen LogP contribution in [0.5, 0.6) is 0 Å². The molecule has 2 atom stereocenters. The zero-order chi connectivity index (χ0) is 32.2. The first kappa shape index (κ1) is 31.4. The van der Waals surface area contributed by atoms with Gasteiger partial charge in [0.05, 0.1) is 24.1 Å². The topological polar surface area (TPSA) is 126 Å². The Labute approximate surface area is 269 Å². The highest BCUT2D eigenvalue weighted by Crippen LogP contribution is 2.37. The summed E-state index contributed by atoms with van der Waals surface area (Å²) in [6, 6.07) is 12.0. The number of fused-ring (bicyclic) bond motifs is 3. The number of amides is 2. The van der Waals surface area contributed by atoms with Crippen molar-refractivity contribution in [2.75, 3.05) is 20.4 Å². The average Bonchev–Trinajstić information content (AvgIpc) is 3.74. The highest BCUT2D eigenvalue weighted by atomic mass is 79.9. The van der Waals surface area contributed by atoms with E-state index >= 15 is 0 Å². The summed E-state index contributed by atoms with van der Waals surface area (Å²) in [5.41, 5.74) is 5.27. The van der Waals surface area contributed by atoms with E-state index in [2.05, 4.69) is 15.9 Å². The minimum Gasteiger partial charge on any atom is -0.330 e.